The van der Waals surface area contributed by atoms with Gasteiger partial charge in [-0.05, 0) is 51.0 Å². The molecule has 0 N–H and O–H groups in total. The van der Waals surface area contributed by atoms with E-state index in [0.717, 1.165) is 23.1 Å². The molecular weight excluding hydrogens is 258 g/mol. The molecule has 1 aliphatic carbocycles. The highest BCUT2D eigenvalue weighted by Gasteiger charge is 2.28. The fourth-order valence-corrected chi connectivity index (χ4v) is 3.95. The highest BCUT2D eigenvalue weighted by atomic mass is 35.5. The van der Waals surface area contributed by atoms with Gasteiger partial charge in [-0.3, -0.25) is 4.79 Å². The van der Waals surface area contributed by atoms with Crippen molar-refractivity contribution in [2.75, 3.05) is 5.88 Å². The quantitative estimate of drug-likeness (QED) is 0.590. The van der Waals surface area contributed by atoms with Gasteiger partial charge in [-0.2, -0.15) is 0 Å². The van der Waals surface area contributed by atoms with E-state index < -0.39 is 0 Å². The number of Topliss-reactive ketones (excluding diaryl/α,β-unsaturated/α-hetero) is 1. The monoisotopic (exact) mass is 281 g/mol. The summed E-state index contributed by atoms with van der Waals surface area (Å²) in [4.78, 5) is 11.9. The number of hydrogen-bond acceptors (Lipinski definition) is 1. The predicted molar refractivity (Wildman–Crippen MR) is 80.2 cm³/mol. The molecule has 0 aliphatic heterocycles. The topological polar surface area (TPSA) is 22.0 Å². The number of aryl methyl sites for hydroxylation is 1. The van der Waals surface area contributed by atoms with E-state index in [9.17, 15) is 4.79 Å². The summed E-state index contributed by atoms with van der Waals surface area (Å²) in [6, 6.07) is 2.54. The minimum Gasteiger partial charge on any atom is -0.345 e. The van der Waals surface area contributed by atoms with Crippen LogP contribution < -0.4 is 0 Å². The normalized spacial score (nSPS) is 27.5. The van der Waals surface area contributed by atoms with Gasteiger partial charge in [0, 0.05) is 23.0 Å². The Bertz CT molecular complexity index is 467. The Morgan fingerprint density at radius 1 is 1.26 bits per heavy atom. The van der Waals surface area contributed by atoms with E-state index in [1.807, 2.05) is 6.07 Å². The average Bonchev–Trinajstić information content (AvgIpc) is 2.62. The van der Waals surface area contributed by atoms with Gasteiger partial charge in [0.25, 0.3) is 0 Å². The number of hydrogen-bond donors (Lipinski definition) is 0. The first-order valence-electron chi connectivity index (χ1n) is 7.21. The third-order valence-electron chi connectivity index (χ3n) is 4.42. The van der Waals surface area contributed by atoms with E-state index in [0.29, 0.717) is 6.04 Å². The van der Waals surface area contributed by atoms with Crippen molar-refractivity contribution in [3.05, 3.63) is 23.0 Å². The summed E-state index contributed by atoms with van der Waals surface area (Å²) in [5.74, 6) is 1.64. The van der Waals surface area contributed by atoms with Crippen molar-refractivity contribution in [1.82, 2.24) is 4.57 Å². The zero-order chi connectivity index (χ0) is 14.2. The van der Waals surface area contributed by atoms with Crippen LogP contribution in [-0.2, 0) is 0 Å². The largest absolute Gasteiger partial charge is 0.345 e. The second-order valence-corrected chi connectivity index (χ2v) is 6.55. The van der Waals surface area contributed by atoms with Crippen LogP contribution in [0.25, 0.3) is 0 Å². The Kier molecular flexibility index (Phi) is 4.39. The zero-order valence-corrected chi connectivity index (χ0v) is 13.1. The Morgan fingerprint density at radius 3 is 2.37 bits per heavy atom. The molecule has 2 atom stereocenters. The Morgan fingerprint density at radius 2 is 1.84 bits per heavy atom. The molecule has 0 saturated heterocycles. The molecule has 3 heteroatoms. The molecule has 1 heterocycles. The maximum Gasteiger partial charge on any atom is 0.179 e. The fourth-order valence-electron chi connectivity index (χ4n) is 3.81. The Labute approximate surface area is 121 Å². The lowest BCUT2D eigenvalue weighted by atomic mass is 9.80. The van der Waals surface area contributed by atoms with Crippen LogP contribution in [0.5, 0.6) is 0 Å². The molecule has 0 bridgehead atoms. The summed E-state index contributed by atoms with van der Waals surface area (Å²) in [5.41, 5.74) is 3.09. The molecule has 2 unspecified atom stereocenters. The summed E-state index contributed by atoms with van der Waals surface area (Å²) in [6.07, 6.45) is 3.76. The van der Waals surface area contributed by atoms with Gasteiger partial charge in [0.15, 0.2) is 5.78 Å². The first-order chi connectivity index (χ1) is 8.93. The first kappa shape index (κ1) is 14.6. The molecule has 2 nitrogen and oxygen atoms in total. The lowest BCUT2D eigenvalue weighted by Gasteiger charge is -2.34. The van der Waals surface area contributed by atoms with Gasteiger partial charge in [0.05, 0.1) is 5.88 Å². The van der Waals surface area contributed by atoms with Gasteiger partial charge in [0.2, 0.25) is 0 Å². The summed E-state index contributed by atoms with van der Waals surface area (Å²) < 4.78 is 2.37. The smallest absolute Gasteiger partial charge is 0.179 e. The van der Waals surface area contributed by atoms with Crippen LogP contribution >= 0.6 is 11.6 Å². The molecule has 1 aromatic rings. The van der Waals surface area contributed by atoms with Crippen LogP contribution in [0.3, 0.4) is 0 Å². The number of alkyl halides is 1. The van der Waals surface area contributed by atoms with E-state index >= 15 is 0 Å². The molecule has 0 amide bonds. The van der Waals surface area contributed by atoms with Gasteiger partial charge in [-0.15, -0.1) is 11.6 Å². The Balaban J connectivity index is 2.34. The molecule has 0 aromatic carbocycles. The van der Waals surface area contributed by atoms with E-state index in [-0.39, 0.29) is 11.7 Å². The summed E-state index contributed by atoms with van der Waals surface area (Å²) in [6.45, 7) is 8.82. The van der Waals surface area contributed by atoms with Crippen LogP contribution in [0, 0.1) is 25.7 Å². The van der Waals surface area contributed by atoms with Gasteiger partial charge in [-0.25, -0.2) is 0 Å². The van der Waals surface area contributed by atoms with Gasteiger partial charge < -0.3 is 4.57 Å². The minimum absolute atomic E-state index is 0.0397. The van der Waals surface area contributed by atoms with Crippen LogP contribution in [0.4, 0.5) is 0 Å². The van der Waals surface area contributed by atoms with Crippen LogP contribution in [0.2, 0.25) is 0 Å². The molecule has 0 spiro atoms. The molecule has 0 radical (unpaired) electrons. The van der Waals surface area contributed by atoms with Crippen LogP contribution in [0.1, 0.15) is 60.9 Å². The number of rotatable bonds is 3. The predicted octanol–water partition coefficient (Wildman–Crippen LogP) is 4.52. The average molecular weight is 282 g/mol. The summed E-state index contributed by atoms with van der Waals surface area (Å²) in [5, 5.41) is 0. The number of aromatic nitrogens is 1. The number of halogens is 1. The van der Waals surface area contributed by atoms with Crippen molar-refractivity contribution in [3.8, 4) is 0 Å². The van der Waals surface area contributed by atoms with Crippen LogP contribution in [-0.4, -0.2) is 16.2 Å². The van der Waals surface area contributed by atoms with E-state index in [4.69, 9.17) is 11.6 Å². The van der Waals surface area contributed by atoms with Crippen molar-refractivity contribution in [1.29, 1.82) is 0 Å². The lowest BCUT2D eigenvalue weighted by Crippen LogP contribution is -2.24. The highest BCUT2D eigenvalue weighted by Crippen LogP contribution is 2.38. The second kappa shape index (κ2) is 5.70. The third kappa shape index (κ3) is 2.89. The maximum atomic E-state index is 11.9. The van der Waals surface area contributed by atoms with Gasteiger partial charge in [0.1, 0.15) is 0 Å². The zero-order valence-electron chi connectivity index (χ0n) is 12.4. The van der Waals surface area contributed by atoms with Gasteiger partial charge >= 0.3 is 0 Å². The number of nitrogens with zero attached hydrogens (tertiary/aromatic N) is 1. The van der Waals surface area contributed by atoms with Crippen LogP contribution in [0.15, 0.2) is 6.07 Å². The molecule has 1 aromatic heterocycles. The van der Waals surface area contributed by atoms with E-state index in [2.05, 4.69) is 32.3 Å². The molecule has 1 fully saturated rings. The molecular formula is C16H24ClNO. The number of carbonyl (C=O) groups is 1. The van der Waals surface area contributed by atoms with E-state index in [1.165, 1.54) is 25.0 Å². The molecule has 1 saturated carbocycles. The number of ketones is 1. The van der Waals surface area contributed by atoms with Crippen molar-refractivity contribution >= 4 is 17.4 Å². The van der Waals surface area contributed by atoms with Crippen molar-refractivity contribution in [3.63, 3.8) is 0 Å². The SMILES string of the molecule is Cc1cc(C(=O)CCl)c(C)n1C1CC(C)CC(C)C1. The minimum atomic E-state index is 0.0397. The summed E-state index contributed by atoms with van der Waals surface area (Å²) in [7, 11) is 0. The van der Waals surface area contributed by atoms with E-state index in [1.54, 1.807) is 0 Å². The lowest BCUT2D eigenvalue weighted by molar-refractivity contribution is 0.102. The maximum absolute atomic E-state index is 11.9. The third-order valence-corrected chi connectivity index (χ3v) is 4.67. The van der Waals surface area contributed by atoms with Gasteiger partial charge in [-0.1, -0.05) is 13.8 Å². The number of carbonyl (C=O) groups excluding carboxylic acids is 1. The standard InChI is InChI=1S/C16H24ClNO/c1-10-5-11(2)7-14(6-10)18-12(3)8-15(13(18)4)16(19)9-17/h8,10-11,14H,5-7,9H2,1-4H3. The fraction of sp³-hybridized carbons (Fsp3) is 0.688. The second-order valence-electron chi connectivity index (χ2n) is 6.28. The molecule has 1 aliphatic rings. The Hall–Kier alpha value is -0.760. The molecule has 106 valence electrons. The molecule has 2 rings (SSSR count). The van der Waals surface area contributed by atoms with Crippen molar-refractivity contribution in [2.45, 2.75) is 53.0 Å². The summed E-state index contributed by atoms with van der Waals surface area (Å²) >= 11 is 5.69. The highest BCUT2D eigenvalue weighted by molar-refractivity contribution is 6.30. The van der Waals surface area contributed by atoms with Crippen molar-refractivity contribution < 1.29 is 4.79 Å². The molecule has 19 heavy (non-hydrogen) atoms. The first-order valence-corrected chi connectivity index (χ1v) is 7.75. The van der Waals surface area contributed by atoms with Crippen molar-refractivity contribution in [2.24, 2.45) is 11.8 Å².